The molecule has 0 N–H and O–H groups in total. The van der Waals surface area contributed by atoms with E-state index in [9.17, 15) is 0 Å². The summed E-state index contributed by atoms with van der Waals surface area (Å²) in [4.78, 5) is 0. The highest BCUT2D eigenvalue weighted by molar-refractivity contribution is 7.25. The van der Waals surface area contributed by atoms with E-state index < -0.39 is 0 Å². The van der Waals surface area contributed by atoms with E-state index in [1.165, 1.54) is 69.2 Å². The third kappa shape index (κ3) is 3.03. The van der Waals surface area contributed by atoms with Gasteiger partial charge in [0.2, 0.25) is 0 Å². The monoisotopic (exact) mass is 526 g/mol. The lowest BCUT2D eigenvalue weighted by Gasteiger charge is -2.18. The third-order valence-electron chi connectivity index (χ3n) is 8.33. The van der Waals surface area contributed by atoms with Crippen LogP contribution < -0.4 is 0 Å². The molecule has 0 fully saturated rings. The molecule has 7 aromatic carbocycles. The van der Waals surface area contributed by atoms with Gasteiger partial charge in [-0.15, -0.1) is 11.3 Å². The highest BCUT2D eigenvalue weighted by Crippen LogP contribution is 2.48. The molecule has 1 nitrogen and oxygen atoms in total. The van der Waals surface area contributed by atoms with Crippen molar-refractivity contribution >= 4 is 74.8 Å². The van der Waals surface area contributed by atoms with Crippen LogP contribution in [0.5, 0.6) is 0 Å². The van der Waals surface area contributed by atoms with Gasteiger partial charge in [0.1, 0.15) is 5.58 Å². The fraction of sp³-hybridized carbons (Fsp3) is 0. The summed E-state index contributed by atoms with van der Waals surface area (Å²) in [6, 6.07) is 46.2. The molecule has 9 aromatic rings. The second-order valence-corrected chi connectivity index (χ2v) is 11.5. The summed E-state index contributed by atoms with van der Waals surface area (Å²) in [6.45, 7) is 0. The van der Waals surface area contributed by atoms with Gasteiger partial charge in [-0.3, -0.25) is 0 Å². The van der Waals surface area contributed by atoms with Crippen LogP contribution in [0.15, 0.2) is 138 Å². The Hall–Kier alpha value is -4.92. The van der Waals surface area contributed by atoms with Crippen molar-refractivity contribution in [1.82, 2.24) is 0 Å². The summed E-state index contributed by atoms with van der Waals surface area (Å²) in [5.74, 6) is 0. The van der Waals surface area contributed by atoms with Crippen LogP contribution in [-0.4, -0.2) is 0 Å². The van der Waals surface area contributed by atoms with Gasteiger partial charge in [0.15, 0.2) is 0 Å². The molecule has 2 heteroatoms. The van der Waals surface area contributed by atoms with E-state index >= 15 is 0 Å². The predicted molar refractivity (Wildman–Crippen MR) is 172 cm³/mol. The molecule has 0 saturated carbocycles. The Kier molecular flexibility index (Phi) is 4.55. The molecule has 0 bridgehead atoms. The summed E-state index contributed by atoms with van der Waals surface area (Å²) in [5.41, 5.74) is 5.85. The summed E-state index contributed by atoms with van der Waals surface area (Å²) >= 11 is 1.85. The number of thiophene rings is 1. The van der Waals surface area contributed by atoms with E-state index in [2.05, 4.69) is 127 Å². The standard InChI is InChI=1S/C38H22OS/c1-2-12-24-23(10-1)11-9-18-26(24)37-27-14-3-5-16-29(27)38(30-17-6-4-15-28(30)37)33-22-39-34-20-32-25-13-7-8-19-35(25)40-36(32)21-31(33)34/h1-22H. The van der Waals surface area contributed by atoms with Crippen LogP contribution in [0, 0.1) is 0 Å². The number of rotatable bonds is 2. The molecule has 40 heavy (non-hydrogen) atoms. The number of hydrogen-bond donors (Lipinski definition) is 0. The molecule has 9 rings (SSSR count). The molecule has 0 radical (unpaired) electrons. The summed E-state index contributed by atoms with van der Waals surface area (Å²) < 4.78 is 8.90. The Balaban J connectivity index is 1.42. The van der Waals surface area contributed by atoms with Gasteiger partial charge in [-0.1, -0.05) is 109 Å². The maximum Gasteiger partial charge on any atom is 0.135 e. The minimum absolute atomic E-state index is 0.928. The molecule has 0 aliphatic rings. The first-order valence-corrected chi connectivity index (χ1v) is 14.4. The molecule has 2 heterocycles. The highest BCUT2D eigenvalue weighted by Gasteiger charge is 2.21. The van der Waals surface area contributed by atoms with Crippen LogP contribution in [0.3, 0.4) is 0 Å². The van der Waals surface area contributed by atoms with Gasteiger partial charge < -0.3 is 4.42 Å². The maximum absolute atomic E-state index is 6.30. The number of benzene rings is 7. The summed E-state index contributed by atoms with van der Waals surface area (Å²) in [5, 5.41) is 11.2. The van der Waals surface area contributed by atoms with Gasteiger partial charge in [0.05, 0.1) is 6.26 Å². The Morgan fingerprint density at radius 1 is 0.400 bits per heavy atom. The van der Waals surface area contributed by atoms with E-state index in [1.807, 2.05) is 17.6 Å². The molecule has 0 aliphatic heterocycles. The molecule has 186 valence electrons. The smallest absolute Gasteiger partial charge is 0.135 e. The fourth-order valence-electron chi connectivity index (χ4n) is 6.59. The summed E-state index contributed by atoms with van der Waals surface area (Å²) in [7, 11) is 0. The van der Waals surface area contributed by atoms with Crippen molar-refractivity contribution in [2.75, 3.05) is 0 Å². The Morgan fingerprint density at radius 3 is 1.70 bits per heavy atom. The van der Waals surface area contributed by atoms with Gasteiger partial charge in [-0.05, 0) is 61.6 Å². The first kappa shape index (κ1) is 22.0. The first-order chi connectivity index (χ1) is 19.8. The Labute approximate surface area is 234 Å². The molecule has 0 amide bonds. The third-order valence-corrected chi connectivity index (χ3v) is 9.47. The Bertz CT molecular complexity index is 2380. The van der Waals surface area contributed by atoms with E-state index in [0.29, 0.717) is 0 Å². The van der Waals surface area contributed by atoms with Crippen LogP contribution in [0.25, 0.3) is 85.7 Å². The zero-order valence-corrected chi connectivity index (χ0v) is 22.3. The highest BCUT2D eigenvalue weighted by atomic mass is 32.1. The van der Waals surface area contributed by atoms with Crippen LogP contribution in [0.2, 0.25) is 0 Å². The summed E-state index contributed by atoms with van der Waals surface area (Å²) in [6.07, 6.45) is 1.96. The molecule has 0 aliphatic carbocycles. The van der Waals surface area contributed by atoms with E-state index in [4.69, 9.17) is 4.42 Å². The molecular weight excluding hydrogens is 504 g/mol. The number of hydrogen-bond acceptors (Lipinski definition) is 2. The second-order valence-electron chi connectivity index (χ2n) is 10.5. The molecular formula is C38H22OS. The fourth-order valence-corrected chi connectivity index (χ4v) is 7.72. The maximum atomic E-state index is 6.30. The van der Waals surface area contributed by atoms with Crippen LogP contribution >= 0.6 is 11.3 Å². The zero-order chi connectivity index (χ0) is 26.2. The van der Waals surface area contributed by atoms with E-state index in [-0.39, 0.29) is 0 Å². The van der Waals surface area contributed by atoms with Crippen molar-refractivity contribution in [2.24, 2.45) is 0 Å². The molecule has 0 unspecified atom stereocenters. The average Bonchev–Trinajstić information content (AvgIpc) is 3.59. The molecule has 2 aromatic heterocycles. The lowest BCUT2D eigenvalue weighted by molar-refractivity contribution is 0.617. The van der Waals surface area contributed by atoms with Gasteiger partial charge in [-0.25, -0.2) is 0 Å². The van der Waals surface area contributed by atoms with Gasteiger partial charge in [0.25, 0.3) is 0 Å². The van der Waals surface area contributed by atoms with E-state index in [1.54, 1.807) is 0 Å². The van der Waals surface area contributed by atoms with E-state index in [0.717, 1.165) is 16.5 Å². The van der Waals surface area contributed by atoms with Crippen molar-refractivity contribution in [2.45, 2.75) is 0 Å². The number of furan rings is 1. The van der Waals surface area contributed by atoms with Crippen molar-refractivity contribution in [3.63, 3.8) is 0 Å². The quantitative estimate of drug-likeness (QED) is 0.204. The van der Waals surface area contributed by atoms with Gasteiger partial charge >= 0.3 is 0 Å². The van der Waals surface area contributed by atoms with Gasteiger partial charge in [0, 0.05) is 36.7 Å². The number of fused-ring (bicyclic) bond motifs is 7. The van der Waals surface area contributed by atoms with Crippen molar-refractivity contribution < 1.29 is 4.42 Å². The molecule has 0 saturated heterocycles. The average molecular weight is 527 g/mol. The lowest BCUT2D eigenvalue weighted by Crippen LogP contribution is -1.91. The minimum atomic E-state index is 0.928. The van der Waals surface area contributed by atoms with Crippen molar-refractivity contribution in [1.29, 1.82) is 0 Å². The van der Waals surface area contributed by atoms with Crippen LogP contribution in [0.4, 0.5) is 0 Å². The van der Waals surface area contributed by atoms with Crippen molar-refractivity contribution in [3.8, 4) is 22.3 Å². The largest absolute Gasteiger partial charge is 0.464 e. The Morgan fingerprint density at radius 2 is 0.975 bits per heavy atom. The van der Waals surface area contributed by atoms with Crippen molar-refractivity contribution in [3.05, 3.63) is 134 Å². The molecule has 0 atom stereocenters. The van der Waals surface area contributed by atoms with Crippen LogP contribution in [0.1, 0.15) is 0 Å². The second kappa shape index (κ2) is 8.29. The van der Waals surface area contributed by atoms with Gasteiger partial charge in [-0.2, -0.15) is 0 Å². The normalized spacial score (nSPS) is 12.0. The van der Waals surface area contributed by atoms with Crippen LogP contribution in [-0.2, 0) is 0 Å². The minimum Gasteiger partial charge on any atom is -0.464 e. The SMILES string of the molecule is c1ccc2c(-c3c4ccccc4c(-c4coc5cc6c(cc45)sc4ccccc46)c4ccccc34)cccc2c1. The predicted octanol–water partition coefficient (Wildman–Crippen LogP) is 11.6. The lowest BCUT2D eigenvalue weighted by atomic mass is 9.84. The topological polar surface area (TPSA) is 13.1 Å². The zero-order valence-electron chi connectivity index (χ0n) is 21.5. The molecule has 0 spiro atoms. The first-order valence-electron chi connectivity index (χ1n) is 13.6.